The van der Waals surface area contributed by atoms with Gasteiger partial charge in [0.15, 0.2) is 11.4 Å². The third-order valence-electron chi connectivity index (χ3n) is 2.39. The van der Waals surface area contributed by atoms with Crippen molar-refractivity contribution >= 4 is 28.6 Å². The van der Waals surface area contributed by atoms with Crippen molar-refractivity contribution in [3.8, 4) is 0 Å². The highest BCUT2D eigenvalue weighted by Gasteiger charge is 2.07. The van der Waals surface area contributed by atoms with E-state index in [0.717, 1.165) is 22.0 Å². The van der Waals surface area contributed by atoms with Crippen molar-refractivity contribution < 1.29 is 9.90 Å². The van der Waals surface area contributed by atoms with Crippen LogP contribution in [0.3, 0.4) is 0 Å². The van der Waals surface area contributed by atoms with Gasteiger partial charge >= 0.3 is 0 Å². The Labute approximate surface area is 109 Å². The molecule has 2 aromatic rings. The van der Waals surface area contributed by atoms with E-state index in [1.165, 1.54) is 17.5 Å². The summed E-state index contributed by atoms with van der Waals surface area (Å²) in [4.78, 5) is 20.0. The van der Waals surface area contributed by atoms with Crippen LogP contribution in [0.1, 0.15) is 20.9 Å². The normalized spacial score (nSPS) is 10.3. The van der Waals surface area contributed by atoms with Gasteiger partial charge in [0.05, 0.1) is 5.69 Å². The molecule has 5 nitrogen and oxygen atoms in total. The molecule has 0 saturated heterocycles. The molecule has 0 saturated carbocycles. The number of aryl methyl sites for hydroxylation is 1. The average Bonchev–Trinajstić information content (AvgIpc) is 2.71. The number of thiazole rings is 1. The average molecular weight is 263 g/mol. The fourth-order valence-electron chi connectivity index (χ4n) is 1.47. The summed E-state index contributed by atoms with van der Waals surface area (Å²) in [5.74, 6) is 0.643. The summed E-state index contributed by atoms with van der Waals surface area (Å²) in [5, 5.41) is 12.7. The first-order valence-corrected chi connectivity index (χ1v) is 6.30. The molecule has 2 heterocycles. The van der Waals surface area contributed by atoms with Gasteiger partial charge in [-0.1, -0.05) is 0 Å². The number of pyridine rings is 1. The fraction of sp³-hybridized carbons (Fsp3) is 0.250. The Morgan fingerprint density at radius 3 is 2.94 bits per heavy atom. The lowest BCUT2D eigenvalue weighted by atomic mass is 10.3. The number of rotatable bonds is 5. The predicted octanol–water partition coefficient (Wildman–Crippen LogP) is 1.94. The molecule has 6 heteroatoms. The highest BCUT2D eigenvalue weighted by Crippen LogP contribution is 2.25. The van der Waals surface area contributed by atoms with Crippen LogP contribution in [-0.4, -0.2) is 28.0 Å². The van der Waals surface area contributed by atoms with Gasteiger partial charge in [-0.15, -0.1) is 11.3 Å². The molecule has 0 aliphatic heterocycles. The molecular formula is C12H13N3O2S. The molecule has 2 rings (SSSR count). The van der Waals surface area contributed by atoms with Crippen LogP contribution in [0.2, 0.25) is 0 Å². The number of nitrogens with zero attached hydrogens (tertiary/aromatic N) is 2. The number of hydrogen-bond acceptors (Lipinski definition) is 6. The van der Waals surface area contributed by atoms with Crippen LogP contribution in [0.15, 0.2) is 18.3 Å². The summed E-state index contributed by atoms with van der Waals surface area (Å²) in [5.41, 5.74) is 1.46. The molecule has 18 heavy (non-hydrogen) atoms. The topological polar surface area (TPSA) is 75.1 Å². The predicted molar refractivity (Wildman–Crippen MR) is 70.5 cm³/mol. The summed E-state index contributed by atoms with van der Waals surface area (Å²) < 4.78 is 0. The minimum atomic E-state index is 0.120. The molecule has 0 aromatic carbocycles. The first-order valence-electron chi connectivity index (χ1n) is 5.48. The van der Waals surface area contributed by atoms with Gasteiger partial charge in [-0.2, -0.15) is 0 Å². The Bertz CT molecular complexity index is 537. The Kier molecular flexibility index (Phi) is 4.01. The summed E-state index contributed by atoms with van der Waals surface area (Å²) in [6.07, 6.45) is 2.87. The third-order valence-corrected chi connectivity index (χ3v) is 3.52. The maximum Gasteiger partial charge on any atom is 0.188 e. The Morgan fingerprint density at radius 1 is 1.50 bits per heavy atom. The maximum absolute atomic E-state index is 10.5. The van der Waals surface area contributed by atoms with Gasteiger partial charge in [0.1, 0.15) is 5.82 Å². The molecule has 94 valence electrons. The number of anilines is 2. The number of carbonyl (C=O) groups excluding carboxylic acids is 1. The van der Waals surface area contributed by atoms with Crippen LogP contribution in [0.4, 0.5) is 10.9 Å². The van der Waals surface area contributed by atoms with E-state index in [9.17, 15) is 4.79 Å². The Hall–Kier alpha value is -1.79. The van der Waals surface area contributed by atoms with Gasteiger partial charge < -0.3 is 10.4 Å². The summed E-state index contributed by atoms with van der Waals surface area (Å²) in [6, 6.07) is 3.42. The second kappa shape index (κ2) is 5.70. The SMILES string of the molecule is Cc1nc(Nc2ccc(C=O)cn2)sc1CCO. The van der Waals surface area contributed by atoms with Crippen molar-refractivity contribution in [3.05, 3.63) is 34.5 Å². The van der Waals surface area contributed by atoms with Crippen LogP contribution in [0.5, 0.6) is 0 Å². The van der Waals surface area contributed by atoms with E-state index in [1.54, 1.807) is 12.1 Å². The van der Waals surface area contributed by atoms with Gasteiger partial charge in [0.25, 0.3) is 0 Å². The quantitative estimate of drug-likeness (QED) is 0.806. The number of aromatic nitrogens is 2. The monoisotopic (exact) mass is 263 g/mol. The van der Waals surface area contributed by atoms with E-state index in [1.807, 2.05) is 6.92 Å². The largest absolute Gasteiger partial charge is 0.396 e. The van der Waals surface area contributed by atoms with Crippen LogP contribution in [0.25, 0.3) is 0 Å². The van der Waals surface area contributed by atoms with Gasteiger partial charge in [-0.05, 0) is 19.1 Å². The molecule has 0 aliphatic rings. The number of aliphatic hydroxyl groups excluding tert-OH is 1. The molecule has 2 aromatic heterocycles. The zero-order valence-corrected chi connectivity index (χ0v) is 10.7. The molecule has 2 N–H and O–H groups in total. The number of hydrogen-bond donors (Lipinski definition) is 2. The van der Waals surface area contributed by atoms with E-state index < -0.39 is 0 Å². The first-order chi connectivity index (χ1) is 8.72. The third kappa shape index (κ3) is 2.91. The second-order valence-electron chi connectivity index (χ2n) is 3.72. The Balaban J connectivity index is 2.12. The summed E-state index contributed by atoms with van der Waals surface area (Å²) >= 11 is 1.50. The fourth-order valence-corrected chi connectivity index (χ4v) is 2.43. The highest BCUT2D eigenvalue weighted by molar-refractivity contribution is 7.15. The summed E-state index contributed by atoms with van der Waals surface area (Å²) in [7, 11) is 0. The molecule has 0 spiro atoms. The summed E-state index contributed by atoms with van der Waals surface area (Å²) in [6.45, 7) is 2.03. The molecule has 0 bridgehead atoms. The van der Waals surface area contributed by atoms with E-state index in [-0.39, 0.29) is 6.61 Å². The molecule has 0 atom stereocenters. The molecule has 0 aliphatic carbocycles. The standard InChI is InChI=1S/C12H13N3O2S/c1-8-10(4-5-16)18-12(14-8)15-11-3-2-9(7-17)6-13-11/h2-3,6-7,16H,4-5H2,1H3,(H,13,14,15). The van der Waals surface area contributed by atoms with Crippen molar-refractivity contribution in [2.75, 3.05) is 11.9 Å². The van der Waals surface area contributed by atoms with E-state index in [4.69, 9.17) is 5.11 Å². The highest BCUT2D eigenvalue weighted by atomic mass is 32.1. The molecule has 0 amide bonds. The Morgan fingerprint density at radius 2 is 2.33 bits per heavy atom. The van der Waals surface area contributed by atoms with Crippen molar-refractivity contribution in [3.63, 3.8) is 0 Å². The zero-order chi connectivity index (χ0) is 13.0. The minimum Gasteiger partial charge on any atom is -0.396 e. The van der Waals surface area contributed by atoms with Crippen LogP contribution >= 0.6 is 11.3 Å². The minimum absolute atomic E-state index is 0.120. The lowest BCUT2D eigenvalue weighted by molar-refractivity contribution is 0.112. The molecule has 0 fully saturated rings. The number of aliphatic hydroxyl groups is 1. The van der Waals surface area contributed by atoms with Crippen molar-refractivity contribution in [2.24, 2.45) is 0 Å². The van der Waals surface area contributed by atoms with Crippen LogP contribution in [0, 0.1) is 6.92 Å². The smallest absolute Gasteiger partial charge is 0.188 e. The van der Waals surface area contributed by atoms with Crippen LogP contribution < -0.4 is 5.32 Å². The van der Waals surface area contributed by atoms with E-state index >= 15 is 0 Å². The lowest BCUT2D eigenvalue weighted by Crippen LogP contribution is -1.93. The molecule has 0 unspecified atom stereocenters. The van der Waals surface area contributed by atoms with Crippen molar-refractivity contribution in [2.45, 2.75) is 13.3 Å². The van der Waals surface area contributed by atoms with Gasteiger partial charge in [-0.25, -0.2) is 9.97 Å². The van der Waals surface area contributed by atoms with Gasteiger partial charge in [0.2, 0.25) is 0 Å². The van der Waals surface area contributed by atoms with E-state index in [2.05, 4.69) is 15.3 Å². The lowest BCUT2D eigenvalue weighted by Gasteiger charge is -2.00. The number of aldehydes is 1. The van der Waals surface area contributed by atoms with Crippen LogP contribution in [-0.2, 0) is 6.42 Å². The maximum atomic E-state index is 10.5. The second-order valence-corrected chi connectivity index (χ2v) is 4.80. The number of nitrogens with one attached hydrogen (secondary N) is 1. The van der Waals surface area contributed by atoms with Crippen molar-refractivity contribution in [1.29, 1.82) is 0 Å². The van der Waals surface area contributed by atoms with Crippen molar-refractivity contribution in [1.82, 2.24) is 9.97 Å². The molecular weight excluding hydrogens is 250 g/mol. The van der Waals surface area contributed by atoms with Gasteiger partial charge in [-0.3, -0.25) is 4.79 Å². The number of carbonyl (C=O) groups is 1. The zero-order valence-electron chi connectivity index (χ0n) is 9.88. The molecule has 0 radical (unpaired) electrons. The van der Waals surface area contributed by atoms with Gasteiger partial charge in [0, 0.05) is 29.7 Å². The first kappa shape index (κ1) is 12.7. The van der Waals surface area contributed by atoms with E-state index in [0.29, 0.717) is 17.8 Å².